The van der Waals surface area contributed by atoms with Gasteiger partial charge in [-0.05, 0) is 18.8 Å². The Morgan fingerprint density at radius 1 is 1.59 bits per heavy atom. The third kappa shape index (κ3) is 3.58. The Hall–Kier alpha value is -1.32. The highest BCUT2D eigenvalue weighted by molar-refractivity contribution is 5.75. The average Bonchev–Trinajstić information content (AvgIpc) is 2.98. The molecule has 94 valence electrons. The summed E-state index contributed by atoms with van der Waals surface area (Å²) in [7, 11) is 0. The van der Waals surface area contributed by atoms with Crippen LogP contribution in [0.15, 0.2) is 12.4 Å². The maximum Gasteiger partial charge on any atom is 0.220 e. The number of imidazole rings is 1. The molecule has 1 aromatic heterocycles. The molecule has 1 saturated carbocycles. The van der Waals surface area contributed by atoms with Gasteiger partial charge in [-0.1, -0.05) is 13.8 Å². The van der Waals surface area contributed by atoms with Crippen LogP contribution >= 0.6 is 0 Å². The first kappa shape index (κ1) is 12.1. The monoisotopic (exact) mass is 235 g/mol. The van der Waals surface area contributed by atoms with Gasteiger partial charge in [-0.25, -0.2) is 4.98 Å². The Kier molecular flexibility index (Phi) is 3.82. The van der Waals surface area contributed by atoms with Crippen LogP contribution in [0.25, 0.3) is 0 Å². The molecule has 1 aromatic rings. The molecule has 0 unspecified atom stereocenters. The van der Waals surface area contributed by atoms with Crippen LogP contribution in [0, 0.1) is 5.92 Å². The fourth-order valence-electron chi connectivity index (χ4n) is 1.97. The Labute approximate surface area is 102 Å². The standard InChI is InChI=1S/C13H21N3O/c1-10(2)9-12(17)14-5-7-16-8-6-15-13(16)11-3-4-11/h6,8,10-11H,3-5,7,9H2,1-2H3,(H,14,17). The number of nitrogens with one attached hydrogen (secondary N) is 1. The topological polar surface area (TPSA) is 46.9 Å². The lowest BCUT2D eigenvalue weighted by molar-refractivity contribution is -0.121. The Morgan fingerprint density at radius 2 is 2.35 bits per heavy atom. The molecule has 0 atom stereocenters. The highest BCUT2D eigenvalue weighted by Gasteiger charge is 2.27. The molecule has 4 heteroatoms. The fourth-order valence-corrected chi connectivity index (χ4v) is 1.97. The summed E-state index contributed by atoms with van der Waals surface area (Å²) in [5, 5.41) is 2.95. The summed E-state index contributed by atoms with van der Waals surface area (Å²) in [6.45, 7) is 5.64. The van der Waals surface area contributed by atoms with E-state index in [1.54, 1.807) is 0 Å². The number of rotatable bonds is 6. The summed E-state index contributed by atoms with van der Waals surface area (Å²) in [5.74, 6) is 2.41. The van der Waals surface area contributed by atoms with Crippen molar-refractivity contribution in [3.63, 3.8) is 0 Å². The minimum Gasteiger partial charge on any atom is -0.354 e. The smallest absolute Gasteiger partial charge is 0.220 e. The van der Waals surface area contributed by atoms with Gasteiger partial charge >= 0.3 is 0 Å². The molecule has 0 saturated heterocycles. The SMILES string of the molecule is CC(C)CC(=O)NCCn1ccnc1C1CC1. The van der Waals surface area contributed by atoms with Crippen molar-refractivity contribution in [2.24, 2.45) is 5.92 Å². The molecule has 2 rings (SSSR count). The summed E-state index contributed by atoms with van der Waals surface area (Å²) < 4.78 is 2.16. The molecule has 1 amide bonds. The molecule has 1 aliphatic carbocycles. The second kappa shape index (κ2) is 5.34. The molecule has 1 fully saturated rings. The van der Waals surface area contributed by atoms with E-state index >= 15 is 0 Å². The van der Waals surface area contributed by atoms with Gasteiger partial charge in [-0.15, -0.1) is 0 Å². The van der Waals surface area contributed by atoms with Gasteiger partial charge in [0.1, 0.15) is 5.82 Å². The normalized spacial score (nSPS) is 15.2. The first-order valence-electron chi connectivity index (χ1n) is 6.44. The summed E-state index contributed by atoms with van der Waals surface area (Å²) in [4.78, 5) is 15.9. The number of carbonyl (C=O) groups is 1. The molecule has 0 aromatic carbocycles. The van der Waals surface area contributed by atoms with Crippen LogP contribution in [0.5, 0.6) is 0 Å². The van der Waals surface area contributed by atoms with Crippen molar-refractivity contribution < 1.29 is 4.79 Å². The maximum absolute atomic E-state index is 11.5. The van der Waals surface area contributed by atoms with E-state index in [1.807, 2.05) is 12.4 Å². The number of hydrogen-bond donors (Lipinski definition) is 1. The number of nitrogens with zero attached hydrogens (tertiary/aromatic N) is 2. The quantitative estimate of drug-likeness (QED) is 0.819. The minimum absolute atomic E-state index is 0.146. The second-order valence-electron chi connectivity index (χ2n) is 5.20. The molecule has 1 aliphatic rings. The summed E-state index contributed by atoms with van der Waals surface area (Å²) in [6.07, 6.45) is 6.98. The summed E-state index contributed by atoms with van der Waals surface area (Å²) >= 11 is 0. The Balaban J connectivity index is 1.74. The average molecular weight is 235 g/mol. The number of aromatic nitrogens is 2. The van der Waals surface area contributed by atoms with Crippen molar-refractivity contribution in [3.8, 4) is 0 Å². The van der Waals surface area contributed by atoms with Crippen molar-refractivity contribution in [3.05, 3.63) is 18.2 Å². The molecule has 1 heterocycles. The van der Waals surface area contributed by atoms with Gasteiger partial charge in [0.2, 0.25) is 5.91 Å². The van der Waals surface area contributed by atoms with E-state index in [4.69, 9.17) is 0 Å². The minimum atomic E-state index is 0.146. The predicted molar refractivity (Wildman–Crippen MR) is 66.7 cm³/mol. The van der Waals surface area contributed by atoms with Crippen LogP contribution in [0.3, 0.4) is 0 Å². The second-order valence-corrected chi connectivity index (χ2v) is 5.20. The van der Waals surface area contributed by atoms with E-state index in [0.717, 1.165) is 6.54 Å². The van der Waals surface area contributed by atoms with Gasteiger partial charge in [0.15, 0.2) is 0 Å². The van der Waals surface area contributed by atoms with Crippen molar-refractivity contribution in [1.82, 2.24) is 14.9 Å². The van der Waals surface area contributed by atoms with Gasteiger partial charge < -0.3 is 9.88 Å². The van der Waals surface area contributed by atoms with Crippen LogP contribution < -0.4 is 5.32 Å². The van der Waals surface area contributed by atoms with E-state index < -0.39 is 0 Å². The van der Waals surface area contributed by atoms with Crippen LogP contribution in [-0.2, 0) is 11.3 Å². The van der Waals surface area contributed by atoms with E-state index in [9.17, 15) is 4.79 Å². The van der Waals surface area contributed by atoms with Crippen LogP contribution in [0.1, 0.15) is 44.9 Å². The zero-order valence-electron chi connectivity index (χ0n) is 10.6. The molecule has 0 radical (unpaired) electrons. The summed E-state index contributed by atoms with van der Waals surface area (Å²) in [5.41, 5.74) is 0. The van der Waals surface area contributed by atoms with Crippen LogP contribution in [0.2, 0.25) is 0 Å². The molecule has 0 aliphatic heterocycles. The van der Waals surface area contributed by atoms with E-state index in [2.05, 4.69) is 28.7 Å². The van der Waals surface area contributed by atoms with E-state index in [0.29, 0.717) is 24.8 Å². The number of amides is 1. The Morgan fingerprint density at radius 3 is 3.00 bits per heavy atom. The molecule has 0 bridgehead atoms. The first-order valence-corrected chi connectivity index (χ1v) is 6.44. The molecular weight excluding hydrogens is 214 g/mol. The first-order chi connectivity index (χ1) is 8.16. The third-order valence-electron chi connectivity index (χ3n) is 2.96. The van der Waals surface area contributed by atoms with Gasteiger partial charge in [0.05, 0.1) is 0 Å². The predicted octanol–water partition coefficient (Wildman–Crippen LogP) is 1.92. The number of carbonyl (C=O) groups excluding carboxylic acids is 1. The van der Waals surface area contributed by atoms with Gasteiger partial charge in [0, 0.05) is 37.8 Å². The van der Waals surface area contributed by atoms with Crippen molar-refractivity contribution in [1.29, 1.82) is 0 Å². The largest absolute Gasteiger partial charge is 0.354 e. The van der Waals surface area contributed by atoms with Gasteiger partial charge in [0.25, 0.3) is 0 Å². The molecule has 4 nitrogen and oxygen atoms in total. The lowest BCUT2D eigenvalue weighted by Crippen LogP contribution is -2.28. The Bertz CT molecular complexity index is 380. The maximum atomic E-state index is 11.5. The van der Waals surface area contributed by atoms with E-state index in [-0.39, 0.29) is 5.91 Å². The fraction of sp³-hybridized carbons (Fsp3) is 0.692. The highest BCUT2D eigenvalue weighted by Crippen LogP contribution is 2.38. The highest BCUT2D eigenvalue weighted by atomic mass is 16.1. The van der Waals surface area contributed by atoms with Crippen molar-refractivity contribution >= 4 is 5.91 Å². The van der Waals surface area contributed by atoms with Crippen LogP contribution in [-0.4, -0.2) is 22.0 Å². The van der Waals surface area contributed by atoms with E-state index in [1.165, 1.54) is 18.7 Å². The molecular formula is C13H21N3O. The van der Waals surface area contributed by atoms with Crippen LogP contribution in [0.4, 0.5) is 0 Å². The lowest BCUT2D eigenvalue weighted by Gasteiger charge is -2.09. The molecule has 1 N–H and O–H groups in total. The van der Waals surface area contributed by atoms with Gasteiger partial charge in [-0.2, -0.15) is 0 Å². The zero-order chi connectivity index (χ0) is 12.3. The van der Waals surface area contributed by atoms with Crippen molar-refractivity contribution in [2.45, 2.75) is 45.6 Å². The van der Waals surface area contributed by atoms with Crippen molar-refractivity contribution in [2.75, 3.05) is 6.54 Å². The number of hydrogen-bond acceptors (Lipinski definition) is 2. The van der Waals surface area contributed by atoms with Gasteiger partial charge in [-0.3, -0.25) is 4.79 Å². The molecule has 0 spiro atoms. The summed E-state index contributed by atoms with van der Waals surface area (Å²) in [6, 6.07) is 0. The molecule has 17 heavy (non-hydrogen) atoms. The lowest BCUT2D eigenvalue weighted by atomic mass is 10.1. The third-order valence-corrected chi connectivity index (χ3v) is 2.96. The zero-order valence-corrected chi connectivity index (χ0v) is 10.6.